The summed E-state index contributed by atoms with van der Waals surface area (Å²) in [7, 11) is 0. The molecule has 2 saturated heterocycles. The van der Waals surface area contributed by atoms with Gasteiger partial charge in [-0.1, -0.05) is 12.1 Å². The van der Waals surface area contributed by atoms with Crippen LogP contribution in [-0.2, 0) is 27.3 Å². The Morgan fingerprint density at radius 3 is 2.67 bits per heavy atom. The van der Waals surface area contributed by atoms with E-state index < -0.39 is 0 Å². The molecule has 1 amide bonds. The standard InChI is InChI=1S/C21H23FN2O3/c22-18-3-1-16(2-4-18)11-20(25)24-14-21(15-24)12-19(7-10-27-21)26-13-17-5-8-23-9-6-17/h1-6,8-9,19H,7,10-15H2/t19-/m1/s1. The highest BCUT2D eigenvalue weighted by Crippen LogP contribution is 2.35. The number of hydrogen-bond acceptors (Lipinski definition) is 4. The third kappa shape index (κ3) is 4.34. The second-order valence-corrected chi connectivity index (χ2v) is 7.37. The van der Waals surface area contributed by atoms with Gasteiger partial charge in [0.25, 0.3) is 0 Å². The van der Waals surface area contributed by atoms with Gasteiger partial charge in [-0.15, -0.1) is 0 Å². The summed E-state index contributed by atoms with van der Waals surface area (Å²) >= 11 is 0. The summed E-state index contributed by atoms with van der Waals surface area (Å²) in [6.45, 7) is 2.42. The minimum Gasteiger partial charge on any atom is -0.373 e. The van der Waals surface area contributed by atoms with Crippen LogP contribution in [0.25, 0.3) is 0 Å². The highest BCUT2D eigenvalue weighted by molar-refractivity contribution is 5.80. The minimum absolute atomic E-state index is 0.0515. The van der Waals surface area contributed by atoms with Gasteiger partial charge in [0.2, 0.25) is 5.91 Å². The van der Waals surface area contributed by atoms with E-state index in [0.29, 0.717) is 32.7 Å². The Morgan fingerprint density at radius 2 is 1.93 bits per heavy atom. The topological polar surface area (TPSA) is 51.7 Å². The largest absolute Gasteiger partial charge is 0.373 e. The van der Waals surface area contributed by atoms with Crippen LogP contribution in [0.3, 0.4) is 0 Å². The average molecular weight is 370 g/mol. The number of ether oxygens (including phenoxy) is 2. The Bertz CT molecular complexity index is 776. The number of amides is 1. The number of hydrogen-bond donors (Lipinski definition) is 0. The Kier molecular flexibility index (Phi) is 5.18. The predicted molar refractivity (Wildman–Crippen MR) is 97.4 cm³/mol. The van der Waals surface area contributed by atoms with E-state index in [2.05, 4.69) is 4.98 Å². The minimum atomic E-state index is -0.289. The third-order valence-electron chi connectivity index (χ3n) is 5.26. The normalized spacial score (nSPS) is 21.1. The van der Waals surface area contributed by atoms with Crippen molar-refractivity contribution in [3.63, 3.8) is 0 Å². The summed E-state index contributed by atoms with van der Waals surface area (Å²) in [6, 6.07) is 9.98. The molecule has 2 aliphatic rings. The molecule has 1 aromatic heterocycles. The first-order valence-electron chi connectivity index (χ1n) is 9.29. The summed E-state index contributed by atoms with van der Waals surface area (Å²) in [6.07, 6.45) is 5.63. The lowest BCUT2D eigenvalue weighted by Gasteiger charge is -2.53. The van der Waals surface area contributed by atoms with Crippen LogP contribution in [0.1, 0.15) is 24.0 Å². The van der Waals surface area contributed by atoms with E-state index in [1.807, 2.05) is 17.0 Å². The molecule has 0 unspecified atom stereocenters. The van der Waals surface area contributed by atoms with Crippen LogP contribution < -0.4 is 0 Å². The van der Waals surface area contributed by atoms with E-state index in [4.69, 9.17) is 9.47 Å². The summed E-state index contributed by atoms with van der Waals surface area (Å²) in [5, 5.41) is 0. The molecule has 2 fully saturated rings. The van der Waals surface area contributed by atoms with E-state index in [9.17, 15) is 9.18 Å². The van der Waals surface area contributed by atoms with Crippen molar-refractivity contribution < 1.29 is 18.7 Å². The molecule has 0 aliphatic carbocycles. The molecule has 1 aromatic carbocycles. The highest BCUT2D eigenvalue weighted by Gasteiger charge is 2.49. The fourth-order valence-corrected chi connectivity index (χ4v) is 3.75. The quantitative estimate of drug-likeness (QED) is 0.812. The zero-order valence-corrected chi connectivity index (χ0v) is 15.1. The van der Waals surface area contributed by atoms with Crippen LogP contribution in [0, 0.1) is 5.82 Å². The van der Waals surface area contributed by atoms with E-state index in [-0.39, 0.29) is 23.4 Å². The number of carbonyl (C=O) groups excluding carboxylic acids is 1. The lowest BCUT2D eigenvalue weighted by atomic mass is 9.84. The van der Waals surface area contributed by atoms with Gasteiger partial charge in [-0.2, -0.15) is 0 Å². The number of aromatic nitrogens is 1. The maximum atomic E-state index is 13.0. The molecule has 1 atom stereocenters. The lowest BCUT2D eigenvalue weighted by molar-refractivity contribution is -0.202. The molecule has 0 N–H and O–H groups in total. The van der Waals surface area contributed by atoms with Crippen LogP contribution in [0.2, 0.25) is 0 Å². The highest BCUT2D eigenvalue weighted by atomic mass is 19.1. The van der Waals surface area contributed by atoms with Gasteiger partial charge < -0.3 is 14.4 Å². The van der Waals surface area contributed by atoms with Gasteiger partial charge in [0.05, 0.1) is 32.2 Å². The Morgan fingerprint density at radius 1 is 1.19 bits per heavy atom. The van der Waals surface area contributed by atoms with Gasteiger partial charge in [0, 0.05) is 25.4 Å². The van der Waals surface area contributed by atoms with Gasteiger partial charge in [-0.25, -0.2) is 4.39 Å². The Balaban J connectivity index is 1.26. The van der Waals surface area contributed by atoms with Gasteiger partial charge in [0.1, 0.15) is 11.4 Å². The summed E-state index contributed by atoms with van der Waals surface area (Å²) in [4.78, 5) is 18.3. The molecular formula is C21H23FN2O3. The third-order valence-corrected chi connectivity index (χ3v) is 5.26. The van der Waals surface area contributed by atoms with E-state index in [1.54, 1.807) is 24.5 Å². The molecule has 0 saturated carbocycles. The SMILES string of the molecule is O=C(Cc1ccc(F)cc1)N1CC2(C[C@H](OCc3ccncc3)CCO2)C1. The molecule has 0 bridgehead atoms. The number of rotatable bonds is 5. The molecule has 1 spiro atoms. The molecule has 0 radical (unpaired) electrons. The second kappa shape index (κ2) is 7.74. The number of carbonyl (C=O) groups is 1. The number of benzene rings is 1. The van der Waals surface area contributed by atoms with E-state index >= 15 is 0 Å². The zero-order chi connectivity index (χ0) is 18.7. The van der Waals surface area contributed by atoms with Crippen LogP contribution in [0.5, 0.6) is 0 Å². The zero-order valence-electron chi connectivity index (χ0n) is 15.1. The van der Waals surface area contributed by atoms with Crippen LogP contribution in [0.4, 0.5) is 4.39 Å². The summed E-state index contributed by atoms with van der Waals surface area (Å²) in [5.41, 5.74) is 1.65. The number of pyridine rings is 1. The van der Waals surface area contributed by atoms with Gasteiger partial charge >= 0.3 is 0 Å². The lowest BCUT2D eigenvalue weighted by Crippen LogP contribution is -2.67. The maximum Gasteiger partial charge on any atom is 0.227 e. The van der Waals surface area contributed by atoms with Crippen molar-refractivity contribution >= 4 is 5.91 Å². The van der Waals surface area contributed by atoms with Gasteiger partial charge in [-0.3, -0.25) is 9.78 Å². The Hall–Kier alpha value is -2.31. The maximum absolute atomic E-state index is 13.0. The second-order valence-electron chi connectivity index (χ2n) is 7.37. The van der Waals surface area contributed by atoms with Crippen molar-refractivity contribution in [1.29, 1.82) is 0 Å². The molecule has 27 heavy (non-hydrogen) atoms. The smallest absolute Gasteiger partial charge is 0.227 e. The van der Waals surface area contributed by atoms with Crippen LogP contribution >= 0.6 is 0 Å². The Labute approximate surface area is 158 Å². The number of halogens is 1. The van der Waals surface area contributed by atoms with Crippen molar-refractivity contribution in [2.75, 3.05) is 19.7 Å². The molecule has 4 rings (SSSR count). The van der Waals surface area contributed by atoms with Gasteiger partial charge in [-0.05, 0) is 41.8 Å². The van der Waals surface area contributed by atoms with E-state index in [0.717, 1.165) is 24.0 Å². The first-order chi connectivity index (χ1) is 13.1. The molecule has 6 heteroatoms. The van der Waals surface area contributed by atoms with Crippen molar-refractivity contribution in [2.24, 2.45) is 0 Å². The first-order valence-corrected chi connectivity index (χ1v) is 9.29. The van der Waals surface area contributed by atoms with Crippen LogP contribution in [0.15, 0.2) is 48.8 Å². The monoisotopic (exact) mass is 370 g/mol. The van der Waals surface area contributed by atoms with Crippen molar-refractivity contribution in [1.82, 2.24) is 9.88 Å². The molecule has 5 nitrogen and oxygen atoms in total. The fourth-order valence-electron chi connectivity index (χ4n) is 3.75. The number of nitrogens with zero attached hydrogens (tertiary/aromatic N) is 2. The van der Waals surface area contributed by atoms with Crippen molar-refractivity contribution in [3.05, 3.63) is 65.7 Å². The molecule has 2 aromatic rings. The van der Waals surface area contributed by atoms with Gasteiger partial charge in [0.15, 0.2) is 0 Å². The first kappa shape index (κ1) is 18.1. The molecule has 142 valence electrons. The van der Waals surface area contributed by atoms with Crippen molar-refractivity contribution in [2.45, 2.75) is 37.6 Å². The van der Waals surface area contributed by atoms with E-state index in [1.165, 1.54) is 12.1 Å². The molecule has 2 aliphatic heterocycles. The van der Waals surface area contributed by atoms with Crippen LogP contribution in [-0.4, -0.2) is 47.2 Å². The molecular weight excluding hydrogens is 347 g/mol. The number of likely N-dealkylation sites (tertiary alicyclic amines) is 1. The molecule has 3 heterocycles. The fraction of sp³-hybridized carbons (Fsp3) is 0.429. The predicted octanol–water partition coefficient (Wildman–Crippen LogP) is 2.74. The summed E-state index contributed by atoms with van der Waals surface area (Å²) in [5.74, 6) is -0.238. The average Bonchev–Trinajstić information content (AvgIpc) is 2.67. The van der Waals surface area contributed by atoms with Crippen molar-refractivity contribution in [3.8, 4) is 0 Å². The summed E-state index contributed by atoms with van der Waals surface area (Å²) < 4.78 is 25.0.